The normalized spacial score (nSPS) is 41.9. The van der Waals surface area contributed by atoms with E-state index in [4.69, 9.17) is 10.8 Å². The van der Waals surface area contributed by atoms with Crippen molar-refractivity contribution >= 4 is 5.82 Å². The molecule has 0 unspecified atom stereocenters. The number of hydrogen-bond donors (Lipinski definition) is 1. The summed E-state index contributed by atoms with van der Waals surface area (Å²) in [5.41, 5.74) is 9.57. The van der Waals surface area contributed by atoms with E-state index in [9.17, 15) is 0 Å². The number of aryl methyl sites for hydroxylation is 1. The lowest BCUT2D eigenvalue weighted by Crippen LogP contribution is -2.52. The molecule has 5 aliphatic carbocycles. The second-order valence-electron chi connectivity index (χ2n) is 8.07. The molecule has 4 fully saturated rings. The zero-order chi connectivity index (χ0) is 13.3. The highest BCUT2D eigenvalue weighted by Gasteiger charge is 2.53. The first-order valence-electron chi connectivity index (χ1n) is 8.60. The van der Waals surface area contributed by atoms with Crippen molar-refractivity contribution in [3.63, 3.8) is 0 Å². The number of hydrogen-bond acceptors (Lipinski definition) is 2. The van der Waals surface area contributed by atoms with Crippen LogP contribution in [0.4, 0.5) is 5.82 Å². The van der Waals surface area contributed by atoms with Gasteiger partial charge in [-0.25, -0.2) is 4.68 Å². The molecule has 1 heterocycles. The Morgan fingerprint density at radius 3 is 2.15 bits per heavy atom. The highest BCUT2D eigenvalue weighted by atomic mass is 15.4. The number of anilines is 1. The summed E-state index contributed by atoms with van der Waals surface area (Å²) < 4.78 is 2.33. The van der Waals surface area contributed by atoms with Crippen LogP contribution in [-0.4, -0.2) is 9.78 Å². The van der Waals surface area contributed by atoms with Crippen molar-refractivity contribution in [1.82, 2.24) is 9.78 Å². The minimum absolute atomic E-state index is 0.302. The van der Waals surface area contributed by atoms with Crippen LogP contribution in [0.5, 0.6) is 0 Å². The van der Waals surface area contributed by atoms with Gasteiger partial charge >= 0.3 is 0 Å². The van der Waals surface area contributed by atoms with Gasteiger partial charge < -0.3 is 5.73 Å². The van der Waals surface area contributed by atoms with Gasteiger partial charge in [0, 0.05) is 5.56 Å². The van der Waals surface area contributed by atoms with Crippen molar-refractivity contribution in [2.45, 2.75) is 69.7 Å². The molecule has 1 aromatic rings. The molecule has 0 radical (unpaired) electrons. The first-order valence-corrected chi connectivity index (χ1v) is 8.60. The van der Waals surface area contributed by atoms with E-state index in [1.54, 1.807) is 0 Å². The third-order valence-electron chi connectivity index (χ3n) is 6.65. The maximum absolute atomic E-state index is 6.55. The van der Waals surface area contributed by atoms with Gasteiger partial charge in [0.15, 0.2) is 0 Å². The molecule has 6 rings (SSSR count). The predicted molar refractivity (Wildman–Crippen MR) is 79.4 cm³/mol. The Kier molecular flexibility index (Phi) is 2.22. The zero-order valence-corrected chi connectivity index (χ0v) is 12.3. The Hall–Kier alpha value is -0.990. The topological polar surface area (TPSA) is 43.8 Å². The van der Waals surface area contributed by atoms with E-state index in [1.165, 1.54) is 62.6 Å². The van der Waals surface area contributed by atoms with Gasteiger partial charge in [0.05, 0.1) is 11.2 Å². The minimum Gasteiger partial charge on any atom is -0.384 e. The van der Waals surface area contributed by atoms with Gasteiger partial charge in [-0.2, -0.15) is 5.10 Å². The number of nitrogens with zero attached hydrogens (tertiary/aromatic N) is 2. The Balaban J connectivity index is 1.61. The van der Waals surface area contributed by atoms with Crippen molar-refractivity contribution in [3.8, 4) is 0 Å². The third kappa shape index (κ3) is 1.44. The number of rotatable bonds is 1. The Bertz CT molecular complexity index is 522. The average Bonchev–Trinajstić information content (AvgIpc) is 2.76. The number of fused-ring (bicyclic) bond motifs is 1. The molecule has 0 spiro atoms. The summed E-state index contributed by atoms with van der Waals surface area (Å²) in [6, 6.07) is 0. The number of nitrogen functional groups attached to an aromatic ring is 1. The molecule has 0 atom stereocenters. The molecule has 20 heavy (non-hydrogen) atoms. The summed E-state index contributed by atoms with van der Waals surface area (Å²) in [6.07, 6.45) is 13.4. The fourth-order valence-electron chi connectivity index (χ4n) is 6.26. The van der Waals surface area contributed by atoms with E-state index in [0.717, 1.165) is 36.4 Å². The molecule has 3 heteroatoms. The van der Waals surface area contributed by atoms with E-state index in [0.29, 0.717) is 5.54 Å². The van der Waals surface area contributed by atoms with Crippen molar-refractivity contribution < 1.29 is 0 Å². The molecule has 2 N–H and O–H groups in total. The lowest BCUT2D eigenvalue weighted by atomic mass is 9.53. The van der Waals surface area contributed by atoms with E-state index in [-0.39, 0.29) is 0 Å². The molecule has 5 aliphatic rings. The number of aromatic nitrogens is 2. The predicted octanol–water partition coefficient (Wildman–Crippen LogP) is 3.27. The number of nitrogens with two attached hydrogens (primary N) is 1. The van der Waals surface area contributed by atoms with Gasteiger partial charge in [0.1, 0.15) is 5.82 Å². The van der Waals surface area contributed by atoms with Gasteiger partial charge in [-0.05, 0) is 82.0 Å². The molecule has 0 aliphatic heterocycles. The summed E-state index contributed by atoms with van der Waals surface area (Å²) in [5.74, 6) is 3.91. The highest BCUT2D eigenvalue weighted by molar-refractivity contribution is 5.46. The monoisotopic (exact) mass is 271 g/mol. The van der Waals surface area contributed by atoms with Crippen molar-refractivity contribution in [2.24, 2.45) is 17.8 Å². The van der Waals surface area contributed by atoms with Crippen molar-refractivity contribution in [1.29, 1.82) is 0 Å². The van der Waals surface area contributed by atoms with E-state index < -0.39 is 0 Å². The molecule has 1 aromatic heterocycles. The van der Waals surface area contributed by atoms with E-state index in [1.807, 2.05) is 0 Å². The quantitative estimate of drug-likeness (QED) is 0.852. The minimum atomic E-state index is 0.302. The van der Waals surface area contributed by atoms with Crippen molar-refractivity contribution in [3.05, 3.63) is 11.3 Å². The molecule has 0 saturated heterocycles. The van der Waals surface area contributed by atoms with Crippen molar-refractivity contribution in [2.75, 3.05) is 5.73 Å². The summed E-state index contributed by atoms with van der Waals surface area (Å²) in [5, 5.41) is 5.03. The Labute approximate surface area is 120 Å². The van der Waals surface area contributed by atoms with Gasteiger partial charge in [-0.1, -0.05) is 0 Å². The molecule has 3 nitrogen and oxygen atoms in total. The standard InChI is InChI=1S/C17H25N3/c18-16-14-3-1-2-4-15(14)19-20(16)17-8-11-5-12(9-17)7-13(6-11)10-17/h11-13H,1-10,18H2. The Morgan fingerprint density at radius 1 is 0.950 bits per heavy atom. The fourth-order valence-corrected chi connectivity index (χ4v) is 6.26. The molecule has 4 bridgehead atoms. The molecule has 0 aromatic carbocycles. The van der Waals surface area contributed by atoms with Crippen LogP contribution in [0.25, 0.3) is 0 Å². The van der Waals surface area contributed by atoms with Crippen LogP contribution in [0.2, 0.25) is 0 Å². The average molecular weight is 271 g/mol. The van der Waals surface area contributed by atoms with Gasteiger partial charge in [0.2, 0.25) is 0 Å². The SMILES string of the molecule is Nc1c2c(nn1C13CC4CC(CC(C4)C1)C3)CCCC2. The fraction of sp³-hybridized carbons (Fsp3) is 0.824. The van der Waals surface area contributed by atoms with Crippen LogP contribution in [0.1, 0.15) is 62.6 Å². The van der Waals surface area contributed by atoms with Crippen LogP contribution in [0.15, 0.2) is 0 Å². The summed E-state index contributed by atoms with van der Waals surface area (Å²) >= 11 is 0. The van der Waals surface area contributed by atoms with Crippen LogP contribution in [-0.2, 0) is 18.4 Å². The molecule has 108 valence electrons. The second kappa shape index (κ2) is 3.80. The van der Waals surface area contributed by atoms with Gasteiger partial charge in [-0.3, -0.25) is 0 Å². The Morgan fingerprint density at radius 2 is 1.55 bits per heavy atom. The first kappa shape index (κ1) is 11.6. The molecular formula is C17H25N3. The molecule has 4 saturated carbocycles. The van der Waals surface area contributed by atoms with Gasteiger partial charge in [-0.15, -0.1) is 0 Å². The lowest BCUT2D eigenvalue weighted by Gasteiger charge is -2.56. The maximum Gasteiger partial charge on any atom is 0.125 e. The van der Waals surface area contributed by atoms with Crippen LogP contribution < -0.4 is 5.73 Å². The highest BCUT2D eigenvalue weighted by Crippen LogP contribution is 2.59. The van der Waals surface area contributed by atoms with E-state index >= 15 is 0 Å². The lowest BCUT2D eigenvalue weighted by molar-refractivity contribution is -0.0483. The maximum atomic E-state index is 6.55. The van der Waals surface area contributed by atoms with Crippen LogP contribution in [0.3, 0.4) is 0 Å². The molecule has 0 amide bonds. The summed E-state index contributed by atoms with van der Waals surface area (Å²) in [4.78, 5) is 0. The third-order valence-corrected chi connectivity index (χ3v) is 6.65. The molecular weight excluding hydrogens is 246 g/mol. The van der Waals surface area contributed by atoms with Gasteiger partial charge in [0.25, 0.3) is 0 Å². The smallest absolute Gasteiger partial charge is 0.125 e. The second-order valence-corrected chi connectivity index (χ2v) is 8.07. The van der Waals surface area contributed by atoms with Crippen LogP contribution in [0, 0.1) is 17.8 Å². The van der Waals surface area contributed by atoms with E-state index in [2.05, 4.69) is 4.68 Å². The van der Waals surface area contributed by atoms with Crippen LogP contribution >= 0.6 is 0 Å². The zero-order valence-electron chi connectivity index (χ0n) is 12.3. The first-order chi connectivity index (χ1) is 9.73. The summed E-state index contributed by atoms with van der Waals surface area (Å²) in [7, 11) is 0. The largest absolute Gasteiger partial charge is 0.384 e. The summed E-state index contributed by atoms with van der Waals surface area (Å²) in [6.45, 7) is 0.